The first-order valence-corrected chi connectivity index (χ1v) is 11.9. The van der Waals surface area contributed by atoms with Gasteiger partial charge in [0.05, 0.1) is 18.6 Å². The second-order valence-electron chi connectivity index (χ2n) is 10.0. The molecule has 0 saturated carbocycles. The number of hydrogen-bond acceptors (Lipinski definition) is 4. The standard InChI is InChI=1S/C28H37NO5/c1-8-33-14-13-23(30)29-15-21-18(3)24(20-11-9-17(2)10-12-20)25(19(4)22(21)16-29)26(27(31)32)34-28(5,6)7/h9-12,26H,8,13-16H2,1-7H3,(H,31,32). The molecule has 1 aliphatic heterocycles. The van der Waals surface area contributed by atoms with E-state index in [2.05, 4.69) is 0 Å². The van der Waals surface area contributed by atoms with E-state index in [1.54, 1.807) is 0 Å². The molecule has 1 atom stereocenters. The summed E-state index contributed by atoms with van der Waals surface area (Å²) in [6.45, 7) is 15.5. The third-order valence-electron chi connectivity index (χ3n) is 6.33. The van der Waals surface area contributed by atoms with Crippen LogP contribution < -0.4 is 0 Å². The molecule has 34 heavy (non-hydrogen) atoms. The van der Waals surface area contributed by atoms with Crippen LogP contribution in [0.4, 0.5) is 0 Å². The molecule has 6 nitrogen and oxygen atoms in total. The Kier molecular flexibility index (Phi) is 7.84. The van der Waals surface area contributed by atoms with E-state index in [4.69, 9.17) is 9.47 Å². The minimum Gasteiger partial charge on any atom is -0.479 e. The Bertz CT molecular complexity index is 1070. The van der Waals surface area contributed by atoms with E-state index in [1.165, 1.54) is 0 Å². The second kappa shape index (κ2) is 10.3. The van der Waals surface area contributed by atoms with Crippen LogP contribution in [-0.4, -0.2) is 40.7 Å². The van der Waals surface area contributed by atoms with Gasteiger partial charge in [-0.25, -0.2) is 4.79 Å². The third-order valence-corrected chi connectivity index (χ3v) is 6.33. The first kappa shape index (κ1) is 25.9. The molecule has 2 aromatic rings. The van der Waals surface area contributed by atoms with E-state index in [-0.39, 0.29) is 5.91 Å². The van der Waals surface area contributed by atoms with E-state index in [0.29, 0.717) is 38.3 Å². The number of carboxylic acids is 1. The molecule has 1 aliphatic rings. The highest BCUT2D eigenvalue weighted by atomic mass is 16.5. The van der Waals surface area contributed by atoms with Crippen LogP contribution >= 0.6 is 0 Å². The monoisotopic (exact) mass is 467 g/mol. The zero-order chi connectivity index (χ0) is 25.2. The first-order valence-electron chi connectivity index (χ1n) is 11.9. The summed E-state index contributed by atoms with van der Waals surface area (Å²) in [5.74, 6) is -0.976. The smallest absolute Gasteiger partial charge is 0.337 e. The summed E-state index contributed by atoms with van der Waals surface area (Å²) in [5, 5.41) is 10.2. The second-order valence-corrected chi connectivity index (χ2v) is 10.0. The van der Waals surface area contributed by atoms with Crippen molar-refractivity contribution in [1.29, 1.82) is 0 Å². The van der Waals surface area contributed by atoms with Crippen molar-refractivity contribution in [2.24, 2.45) is 0 Å². The molecular formula is C28H37NO5. The Hall–Kier alpha value is -2.70. The molecule has 2 aromatic carbocycles. The Morgan fingerprint density at radius 1 is 1.03 bits per heavy atom. The number of fused-ring (bicyclic) bond motifs is 1. The van der Waals surface area contributed by atoms with E-state index in [9.17, 15) is 14.7 Å². The summed E-state index contributed by atoms with van der Waals surface area (Å²) in [4.78, 5) is 27.2. The molecule has 1 heterocycles. The maximum atomic E-state index is 12.8. The fourth-order valence-electron chi connectivity index (χ4n) is 4.67. The van der Waals surface area contributed by atoms with Crippen molar-refractivity contribution in [2.75, 3.05) is 13.2 Å². The van der Waals surface area contributed by atoms with Gasteiger partial charge in [-0.3, -0.25) is 4.79 Å². The molecule has 0 bridgehead atoms. The molecule has 0 spiro atoms. The molecule has 3 rings (SSSR count). The number of rotatable bonds is 8. The summed E-state index contributed by atoms with van der Waals surface area (Å²) in [6, 6.07) is 8.13. The van der Waals surface area contributed by atoms with Gasteiger partial charge in [0.2, 0.25) is 5.91 Å². The van der Waals surface area contributed by atoms with Gasteiger partial charge in [0.1, 0.15) is 0 Å². The van der Waals surface area contributed by atoms with Crippen molar-refractivity contribution in [1.82, 2.24) is 4.90 Å². The fraction of sp³-hybridized carbons (Fsp3) is 0.500. The lowest BCUT2D eigenvalue weighted by Gasteiger charge is -2.29. The van der Waals surface area contributed by atoms with Crippen molar-refractivity contribution < 1.29 is 24.2 Å². The van der Waals surface area contributed by atoms with Crippen LogP contribution in [-0.2, 0) is 32.2 Å². The van der Waals surface area contributed by atoms with Gasteiger partial charge in [-0.1, -0.05) is 29.8 Å². The average molecular weight is 468 g/mol. The average Bonchev–Trinajstić information content (AvgIpc) is 3.21. The van der Waals surface area contributed by atoms with Gasteiger partial charge in [-0.15, -0.1) is 0 Å². The SMILES string of the molecule is CCOCCC(=O)N1Cc2c(C)c(-c3ccc(C)cc3)c(C(OC(C)(C)C)C(=O)O)c(C)c2C1. The molecule has 0 saturated heterocycles. The molecule has 1 N–H and O–H groups in total. The zero-order valence-electron chi connectivity index (χ0n) is 21.4. The van der Waals surface area contributed by atoms with E-state index >= 15 is 0 Å². The van der Waals surface area contributed by atoms with E-state index in [0.717, 1.165) is 38.9 Å². The van der Waals surface area contributed by atoms with Gasteiger partial charge in [0.15, 0.2) is 6.10 Å². The number of aliphatic carboxylic acids is 1. The van der Waals surface area contributed by atoms with Crippen LogP contribution in [0.3, 0.4) is 0 Å². The largest absolute Gasteiger partial charge is 0.479 e. The lowest BCUT2D eigenvalue weighted by atomic mass is 9.83. The zero-order valence-corrected chi connectivity index (χ0v) is 21.4. The van der Waals surface area contributed by atoms with Crippen molar-refractivity contribution in [3.63, 3.8) is 0 Å². The van der Waals surface area contributed by atoms with Gasteiger partial charge in [0, 0.05) is 25.3 Å². The molecular weight excluding hydrogens is 430 g/mol. The maximum absolute atomic E-state index is 12.8. The highest BCUT2D eigenvalue weighted by Gasteiger charge is 2.36. The number of hydrogen-bond donors (Lipinski definition) is 1. The number of ether oxygens (including phenoxy) is 2. The summed E-state index contributed by atoms with van der Waals surface area (Å²) in [7, 11) is 0. The van der Waals surface area contributed by atoms with E-state index in [1.807, 2.05) is 77.6 Å². The van der Waals surface area contributed by atoms with Crippen LogP contribution in [0.15, 0.2) is 24.3 Å². The highest BCUT2D eigenvalue weighted by Crippen LogP contribution is 2.43. The summed E-state index contributed by atoms with van der Waals surface area (Å²) in [5.41, 5.74) is 7.01. The van der Waals surface area contributed by atoms with Gasteiger partial charge in [0.25, 0.3) is 0 Å². The predicted molar refractivity (Wildman–Crippen MR) is 133 cm³/mol. The molecule has 0 fully saturated rings. The number of amides is 1. The summed E-state index contributed by atoms with van der Waals surface area (Å²) in [6.07, 6.45) is -0.786. The number of nitrogens with zero attached hydrogens (tertiary/aromatic N) is 1. The van der Waals surface area contributed by atoms with Crippen LogP contribution in [0.5, 0.6) is 0 Å². The quantitative estimate of drug-likeness (QED) is 0.520. The Balaban J connectivity index is 2.17. The highest BCUT2D eigenvalue weighted by molar-refractivity contribution is 5.85. The third kappa shape index (κ3) is 5.50. The Morgan fingerprint density at radius 3 is 2.15 bits per heavy atom. The molecule has 0 aliphatic carbocycles. The topological polar surface area (TPSA) is 76.1 Å². The van der Waals surface area contributed by atoms with Crippen molar-refractivity contribution in [3.8, 4) is 11.1 Å². The number of carboxylic acid groups (broad SMARTS) is 1. The lowest BCUT2D eigenvalue weighted by Crippen LogP contribution is -2.28. The number of carbonyl (C=O) groups is 2. The van der Waals surface area contributed by atoms with Crippen LogP contribution in [0.2, 0.25) is 0 Å². The van der Waals surface area contributed by atoms with Gasteiger partial charge < -0.3 is 19.5 Å². The van der Waals surface area contributed by atoms with Crippen LogP contribution in [0, 0.1) is 20.8 Å². The fourth-order valence-corrected chi connectivity index (χ4v) is 4.67. The molecule has 1 amide bonds. The molecule has 6 heteroatoms. The summed E-state index contributed by atoms with van der Waals surface area (Å²) >= 11 is 0. The van der Waals surface area contributed by atoms with Crippen LogP contribution in [0.25, 0.3) is 11.1 Å². The molecule has 0 radical (unpaired) electrons. The van der Waals surface area contributed by atoms with Crippen molar-refractivity contribution >= 4 is 11.9 Å². The first-order chi connectivity index (χ1) is 15.9. The Morgan fingerprint density at radius 2 is 1.62 bits per heavy atom. The number of carbonyl (C=O) groups excluding carboxylic acids is 1. The molecule has 0 aromatic heterocycles. The summed E-state index contributed by atoms with van der Waals surface area (Å²) < 4.78 is 11.5. The predicted octanol–water partition coefficient (Wildman–Crippen LogP) is 5.49. The minimum atomic E-state index is -1.12. The van der Waals surface area contributed by atoms with Crippen LogP contribution in [0.1, 0.15) is 73.6 Å². The normalized spacial score (nSPS) is 14.3. The van der Waals surface area contributed by atoms with Crippen molar-refractivity contribution in [3.05, 3.63) is 57.6 Å². The maximum Gasteiger partial charge on any atom is 0.337 e. The van der Waals surface area contributed by atoms with Crippen molar-refractivity contribution in [2.45, 2.75) is 79.7 Å². The molecule has 184 valence electrons. The van der Waals surface area contributed by atoms with Gasteiger partial charge >= 0.3 is 5.97 Å². The van der Waals surface area contributed by atoms with Gasteiger partial charge in [-0.2, -0.15) is 0 Å². The van der Waals surface area contributed by atoms with Gasteiger partial charge in [-0.05, 0) is 81.8 Å². The molecule has 1 unspecified atom stereocenters. The Labute approximate surface area is 202 Å². The lowest BCUT2D eigenvalue weighted by molar-refractivity contribution is -0.160. The number of benzene rings is 2. The minimum absolute atomic E-state index is 0.0441. The number of aryl methyl sites for hydroxylation is 1. The van der Waals surface area contributed by atoms with E-state index < -0.39 is 17.7 Å².